The van der Waals surface area contributed by atoms with Crippen LogP contribution in [0.2, 0.25) is 0 Å². The number of nitrogens with two attached hydrogens (primary N) is 1. The van der Waals surface area contributed by atoms with E-state index in [2.05, 4.69) is 18.2 Å². The van der Waals surface area contributed by atoms with E-state index in [0.717, 1.165) is 12.8 Å². The molecule has 0 amide bonds. The summed E-state index contributed by atoms with van der Waals surface area (Å²) in [7, 11) is 0. The first-order valence-corrected chi connectivity index (χ1v) is 5.00. The van der Waals surface area contributed by atoms with E-state index in [-0.39, 0.29) is 0 Å². The van der Waals surface area contributed by atoms with Crippen LogP contribution in [-0.2, 0) is 0 Å². The average Bonchev–Trinajstić information content (AvgIpc) is 2.25. The highest BCUT2D eigenvalue weighted by molar-refractivity contribution is 5.19. The van der Waals surface area contributed by atoms with Crippen molar-refractivity contribution in [2.24, 2.45) is 5.73 Å². The van der Waals surface area contributed by atoms with Crippen LogP contribution in [0.4, 0.5) is 0 Å². The first-order chi connectivity index (χ1) is 6.88. The maximum absolute atomic E-state index is 8.55. The smallest absolute Gasteiger partial charge is 0.0621 e. The van der Waals surface area contributed by atoms with Gasteiger partial charge >= 0.3 is 0 Å². The molecule has 1 rings (SSSR count). The highest BCUT2D eigenvalue weighted by atomic mass is 14.5. The van der Waals surface area contributed by atoms with Gasteiger partial charge in [-0.15, -0.1) is 0 Å². The summed E-state index contributed by atoms with van der Waals surface area (Å²) in [5.74, 6) is 0.445. The minimum Gasteiger partial charge on any atom is -0.330 e. The Kier molecular flexibility index (Phi) is 4.74. The van der Waals surface area contributed by atoms with Crippen LogP contribution >= 0.6 is 0 Å². The monoisotopic (exact) mass is 188 g/mol. The van der Waals surface area contributed by atoms with Gasteiger partial charge in [-0.3, -0.25) is 0 Å². The third-order valence-electron chi connectivity index (χ3n) is 2.39. The van der Waals surface area contributed by atoms with Gasteiger partial charge in [0, 0.05) is 6.42 Å². The zero-order chi connectivity index (χ0) is 10.2. The molecule has 0 aliphatic rings. The van der Waals surface area contributed by atoms with Crippen LogP contribution in [0, 0.1) is 11.3 Å². The standard InChI is InChI=1S/C12H16N2/c13-9-4-7-12(8-10-14)11-5-2-1-3-6-11/h1-3,5-6,12H,4,7-8,10,14H2. The molecular weight excluding hydrogens is 172 g/mol. The predicted octanol–water partition coefficient (Wildman–Crippen LogP) is 2.42. The summed E-state index contributed by atoms with van der Waals surface area (Å²) in [6, 6.07) is 12.5. The third kappa shape index (κ3) is 3.20. The fraction of sp³-hybridized carbons (Fsp3) is 0.417. The lowest BCUT2D eigenvalue weighted by Crippen LogP contribution is -2.07. The molecule has 0 aromatic heterocycles. The minimum absolute atomic E-state index is 0.445. The van der Waals surface area contributed by atoms with E-state index >= 15 is 0 Å². The molecule has 2 nitrogen and oxygen atoms in total. The molecule has 0 bridgehead atoms. The Hall–Kier alpha value is -1.33. The summed E-state index contributed by atoms with van der Waals surface area (Å²) in [4.78, 5) is 0. The SMILES string of the molecule is N#CCCC(CCN)c1ccccc1. The van der Waals surface area contributed by atoms with Gasteiger partial charge in [-0.05, 0) is 30.9 Å². The van der Waals surface area contributed by atoms with Crippen molar-refractivity contribution in [1.29, 1.82) is 5.26 Å². The van der Waals surface area contributed by atoms with Crippen LogP contribution in [0.15, 0.2) is 30.3 Å². The predicted molar refractivity (Wildman–Crippen MR) is 57.7 cm³/mol. The van der Waals surface area contributed by atoms with Crippen molar-refractivity contribution in [2.45, 2.75) is 25.2 Å². The first kappa shape index (κ1) is 10.7. The molecule has 0 aliphatic heterocycles. The van der Waals surface area contributed by atoms with Crippen molar-refractivity contribution in [1.82, 2.24) is 0 Å². The van der Waals surface area contributed by atoms with Crippen molar-refractivity contribution in [3.8, 4) is 6.07 Å². The van der Waals surface area contributed by atoms with Crippen LogP contribution in [0.1, 0.15) is 30.7 Å². The highest BCUT2D eigenvalue weighted by Gasteiger charge is 2.09. The molecule has 0 fully saturated rings. The fourth-order valence-corrected chi connectivity index (χ4v) is 1.64. The van der Waals surface area contributed by atoms with Gasteiger partial charge in [0.2, 0.25) is 0 Å². The Morgan fingerprint density at radius 1 is 1.21 bits per heavy atom. The molecule has 0 saturated carbocycles. The van der Waals surface area contributed by atoms with E-state index in [1.54, 1.807) is 0 Å². The summed E-state index contributed by atoms with van der Waals surface area (Å²) in [5, 5.41) is 8.55. The van der Waals surface area contributed by atoms with Gasteiger partial charge < -0.3 is 5.73 Å². The lowest BCUT2D eigenvalue weighted by atomic mass is 9.91. The van der Waals surface area contributed by atoms with Gasteiger partial charge in [-0.2, -0.15) is 5.26 Å². The Balaban J connectivity index is 2.63. The van der Waals surface area contributed by atoms with Crippen LogP contribution < -0.4 is 5.73 Å². The molecule has 14 heavy (non-hydrogen) atoms. The lowest BCUT2D eigenvalue weighted by molar-refractivity contribution is 0.593. The van der Waals surface area contributed by atoms with Crippen LogP contribution in [0.3, 0.4) is 0 Å². The second kappa shape index (κ2) is 6.17. The zero-order valence-electron chi connectivity index (χ0n) is 8.32. The normalized spacial score (nSPS) is 12.0. The van der Waals surface area contributed by atoms with Crippen LogP contribution in [0.25, 0.3) is 0 Å². The molecule has 0 radical (unpaired) electrons. The third-order valence-corrected chi connectivity index (χ3v) is 2.39. The van der Waals surface area contributed by atoms with E-state index in [9.17, 15) is 0 Å². The first-order valence-electron chi connectivity index (χ1n) is 5.00. The van der Waals surface area contributed by atoms with E-state index in [0.29, 0.717) is 18.9 Å². The fourth-order valence-electron chi connectivity index (χ4n) is 1.64. The Morgan fingerprint density at radius 3 is 2.50 bits per heavy atom. The summed E-state index contributed by atoms with van der Waals surface area (Å²) >= 11 is 0. The molecular formula is C12H16N2. The number of hydrogen-bond donors (Lipinski definition) is 1. The summed E-state index contributed by atoms with van der Waals surface area (Å²) in [6.45, 7) is 0.686. The molecule has 1 atom stereocenters. The maximum Gasteiger partial charge on any atom is 0.0621 e. The van der Waals surface area contributed by atoms with Crippen molar-refractivity contribution in [3.05, 3.63) is 35.9 Å². The number of nitrogens with zero attached hydrogens (tertiary/aromatic N) is 1. The van der Waals surface area contributed by atoms with Crippen molar-refractivity contribution >= 4 is 0 Å². The summed E-state index contributed by atoms with van der Waals surface area (Å²) in [6.07, 6.45) is 2.49. The van der Waals surface area contributed by atoms with E-state index < -0.39 is 0 Å². The largest absolute Gasteiger partial charge is 0.330 e. The molecule has 74 valence electrons. The maximum atomic E-state index is 8.55. The molecule has 0 spiro atoms. The quantitative estimate of drug-likeness (QED) is 0.771. The van der Waals surface area contributed by atoms with Gasteiger partial charge in [0.1, 0.15) is 0 Å². The van der Waals surface area contributed by atoms with Gasteiger partial charge in [-0.1, -0.05) is 30.3 Å². The molecule has 0 saturated heterocycles. The van der Waals surface area contributed by atoms with Crippen molar-refractivity contribution in [3.63, 3.8) is 0 Å². The molecule has 1 aromatic rings. The molecule has 1 unspecified atom stereocenters. The topological polar surface area (TPSA) is 49.8 Å². The summed E-state index contributed by atoms with van der Waals surface area (Å²) < 4.78 is 0. The number of benzene rings is 1. The molecule has 0 aliphatic carbocycles. The summed E-state index contributed by atoms with van der Waals surface area (Å²) in [5.41, 5.74) is 6.85. The van der Waals surface area contributed by atoms with Crippen LogP contribution in [-0.4, -0.2) is 6.54 Å². The Morgan fingerprint density at radius 2 is 1.93 bits per heavy atom. The Labute approximate surface area is 85.4 Å². The van der Waals surface area contributed by atoms with E-state index in [1.165, 1.54) is 5.56 Å². The number of hydrogen-bond acceptors (Lipinski definition) is 2. The van der Waals surface area contributed by atoms with Gasteiger partial charge in [-0.25, -0.2) is 0 Å². The second-order valence-electron chi connectivity index (χ2n) is 3.38. The number of rotatable bonds is 5. The zero-order valence-corrected chi connectivity index (χ0v) is 8.32. The van der Waals surface area contributed by atoms with Gasteiger partial charge in [0.15, 0.2) is 0 Å². The van der Waals surface area contributed by atoms with Crippen LogP contribution in [0.5, 0.6) is 0 Å². The van der Waals surface area contributed by atoms with Gasteiger partial charge in [0.05, 0.1) is 6.07 Å². The minimum atomic E-state index is 0.445. The average molecular weight is 188 g/mol. The lowest BCUT2D eigenvalue weighted by Gasteiger charge is -2.14. The molecule has 2 N–H and O–H groups in total. The van der Waals surface area contributed by atoms with Gasteiger partial charge in [0.25, 0.3) is 0 Å². The highest BCUT2D eigenvalue weighted by Crippen LogP contribution is 2.23. The van der Waals surface area contributed by atoms with Crippen molar-refractivity contribution in [2.75, 3.05) is 6.54 Å². The molecule has 1 aromatic carbocycles. The van der Waals surface area contributed by atoms with E-state index in [4.69, 9.17) is 11.0 Å². The number of nitriles is 1. The van der Waals surface area contributed by atoms with E-state index in [1.807, 2.05) is 18.2 Å². The van der Waals surface area contributed by atoms with Crippen molar-refractivity contribution < 1.29 is 0 Å². The Bertz CT molecular complexity index is 287. The molecule has 2 heteroatoms. The molecule has 0 heterocycles. The second-order valence-corrected chi connectivity index (χ2v) is 3.38.